The number of hydrogen-bond donors (Lipinski definition) is 4. The van der Waals surface area contributed by atoms with Crippen LogP contribution in [0.5, 0.6) is 0 Å². The van der Waals surface area contributed by atoms with Crippen molar-refractivity contribution in [2.24, 2.45) is 0 Å². The Balaban J connectivity index is 0.000000184. The van der Waals surface area contributed by atoms with Crippen molar-refractivity contribution in [1.82, 2.24) is 49.8 Å². The summed E-state index contributed by atoms with van der Waals surface area (Å²) < 4.78 is 4.30. The Hall–Kier alpha value is -7.68. The molecule has 8 rings (SSSR count). The second-order valence-corrected chi connectivity index (χ2v) is 16.8. The van der Waals surface area contributed by atoms with Gasteiger partial charge in [-0.3, -0.25) is 38.9 Å². The maximum absolute atomic E-state index is 13.4. The van der Waals surface area contributed by atoms with Gasteiger partial charge in [-0.05, 0) is 117 Å². The molecule has 0 aliphatic carbocycles. The fraction of sp³-hybridized carbons (Fsp3) is 0.208. The number of hydrogen-bond acceptors (Lipinski definition) is 12. The average molecular weight is 982 g/mol. The highest BCUT2D eigenvalue weighted by Gasteiger charge is 2.24. The van der Waals surface area contributed by atoms with Gasteiger partial charge in [-0.15, -0.1) is 0 Å². The summed E-state index contributed by atoms with van der Waals surface area (Å²) in [5, 5.41) is 31.0. The Morgan fingerprint density at radius 3 is 1.51 bits per heavy atom. The maximum Gasteiger partial charge on any atom is 0.490 e. The Morgan fingerprint density at radius 2 is 1.09 bits per heavy atom. The van der Waals surface area contributed by atoms with E-state index >= 15 is 0 Å². The molecule has 0 radical (unpaired) electrons. The Labute approximate surface area is 401 Å². The summed E-state index contributed by atoms with van der Waals surface area (Å²) >= 11 is 3.45. The van der Waals surface area contributed by atoms with Gasteiger partial charge < -0.3 is 20.7 Å². The lowest BCUT2D eigenvalue weighted by atomic mass is 9.82. The van der Waals surface area contributed by atoms with Crippen LogP contribution in [0.1, 0.15) is 80.5 Å². The van der Waals surface area contributed by atoms with E-state index in [0.717, 1.165) is 37.8 Å². The van der Waals surface area contributed by atoms with Crippen LogP contribution in [-0.4, -0.2) is 106 Å². The number of halogens is 1. The third kappa shape index (κ3) is 11.6. The summed E-state index contributed by atoms with van der Waals surface area (Å²) in [5.74, 6) is 0.494. The zero-order valence-corrected chi connectivity index (χ0v) is 40.2. The first-order valence-electron chi connectivity index (χ1n) is 21.4. The summed E-state index contributed by atoms with van der Waals surface area (Å²) in [5.41, 5.74) is 7.32. The fourth-order valence-corrected chi connectivity index (χ4v) is 7.13. The molecule has 0 unspecified atom stereocenters. The van der Waals surface area contributed by atoms with Crippen LogP contribution in [0.25, 0.3) is 22.2 Å². The molecule has 0 aromatic carbocycles. The van der Waals surface area contributed by atoms with Crippen molar-refractivity contribution in [3.05, 3.63) is 160 Å². The molecule has 0 fully saturated rings. The first kappa shape index (κ1) is 49.8. The van der Waals surface area contributed by atoms with Crippen LogP contribution in [0.3, 0.4) is 0 Å². The molecule has 20 heteroatoms. The fourth-order valence-electron chi connectivity index (χ4n) is 6.75. The molecule has 0 saturated carbocycles. The second kappa shape index (κ2) is 22.2. The minimum atomic E-state index is -1.55. The van der Waals surface area contributed by atoms with E-state index in [1.807, 2.05) is 84.0 Å². The Bertz CT molecular complexity index is 3030. The van der Waals surface area contributed by atoms with Crippen molar-refractivity contribution >= 4 is 74.8 Å². The van der Waals surface area contributed by atoms with E-state index in [1.54, 1.807) is 87.5 Å². The number of anilines is 2. The summed E-state index contributed by atoms with van der Waals surface area (Å²) in [4.78, 5) is 69.4. The molecule has 8 aromatic rings. The molecule has 0 atom stereocenters. The number of nitrogens with zero attached hydrogens (tertiary/aromatic N) is 10. The Morgan fingerprint density at radius 1 is 0.603 bits per heavy atom. The molecule has 0 spiro atoms. The zero-order chi connectivity index (χ0) is 49.2. The molecule has 0 aliphatic heterocycles. The van der Waals surface area contributed by atoms with E-state index in [1.165, 1.54) is 25.4 Å². The van der Waals surface area contributed by atoms with Crippen molar-refractivity contribution in [1.29, 1.82) is 0 Å². The zero-order valence-electron chi connectivity index (χ0n) is 38.7. The smallest absolute Gasteiger partial charge is 0.423 e. The first-order chi connectivity index (χ1) is 32.5. The Kier molecular flexibility index (Phi) is 16.2. The van der Waals surface area contributed by atoms with Crippen LogP contribution in [0.4, 0.5) is 11.6 Å². The molecule has 18 nitrogen and oxygen atoms in total. The SMILES string of the molecule is CNC(=O)c1ccc(-c2cnn3ccc(C(=O)N(c4ccc(C)cn4)C(C)C)cc23)cn1.CNC(=O)c1ccc(B(O)O)cn1.Cc1ccc(N(C(=O)c2ccn3ncc(Br)c3c2)C(C)C)nc1. The number of nitrogens with one attached hydrogen (secondary N) is 2. The third-order valence-corrected chi connectivity index (χ3v) is 10.9. The van der Waals surface area contributed by atoms with Gasteiger partial charge in [0.15, 0.2) is 0 Å². The largest absolute Gasteiger partial charge is 0.490 e. The van der Waals surface area contributed by atoms with Gasteiger partial charge in [0, 0.05) is 91.1 Å². The van der Waals surface area contributed by atoms with Gasteiger partial charge in [0.2, 0.25) is 0 Å². The van der Waals surface area contributed by atoms with Gasteiger partial charge in [-0.25, -0.2) is 19.0 Å². The number of fused-ring (bicyclic) bond motifs is 2. The molecule has 0 saturated heterocycles. The van der Waals surface area contributed by atoms with E-state index in [0.29, 0.717) is 28.5 Å². The summed E-state index contributed by atoms with van der Waals surface area (Å²) in [7, 11) is 1.51. The van der Waals surface area contributed by atoms with E-state index in [4.69, 9.17) is 10.0 Å². The molecule has 0 aliphatic rings. The molecule has 68 heavy (non-hydrogen) atoms. The van der Waals surface area contributed by atoms with E-state index in [2.05, 4.69) is 56.7 Å². The minimum absolute atomic E-state index is 0.00211. The topological polar surface area (TPSA) is 225 Å². The number of pyridine rings is 6. The normalized spacial score (nSPS) is 10.8. The lowest BCUT2D eigenvalue weighted by Crippen LogP contribution is -2.37. The highest BCUT2D eigenvalue weighted by molar-refractivity contribution is 9.10. The molecule has 4 amide bonds. The maximum atomic E-state index is 13.4. The average Bonchev–Trinajstić information content (AvgIpc) is 3.95. The van der Waals surface area contributed by atoms with Crippen molar-refractivity contribution in [2.75, 3.05) is 23.9 Å². The van der Waals surface area contributed by atoms with Crippen LogP contribution in [0.2, 0.25) is 0 Å². The van der Waals surface area contributed by atoms with Gasteiger partial charge in [-0.2, -0.15) is 10.2 Å². The van der Waals surface area contributed by atoms with Crippen molar-refractivity contribution in [3.63, 3.8) is 0 Å². The molecular formula is C48H50BBrN12O6. The second-order valence-electron chi connectivity index (χ2n) is 15.9. The summed E-state index contributed by atoms with van der Waals surface area (Å²) in [6.07, 6.45) is 13.4. The number of amides is 4. The van der Waals surface area contributed by atoms with E-state index < -0.39 is 7.12 Å². The van der Waals surface area contributed by atoms with Crippen LogP contribution in [0, 0.1) is 13.8 Å². The molecule has 348 valence electrons. The molecular weight excluding hydrogens is 931 g/mol. The number of aryl methyl sites for hydroxylation is 2. The molecule has 4 N–H and O–H groups in total. The van der Waals surface area contributed by atoms with Gasteiger partial charge in [0.1, 0.15) is 23.0 Å². The van der Waals surface area contributed by atoms with Crippen LogP contribution < -0.4 is 25.9 Å². The summed E-state index contributed by atoms with van der Waals surface area (Å²) in [6, 6.07) is 21.1. The molecule has 8 heterocycles. The minimum Gasteiger partial charge on any atom is -0.423 e. The highest BCUT2D eigenvalue weighted by atomic mass is 79.9. The number of rotatable bonds is 10. The number of aromatic nitrogens is 8. The van der Waals surface area contributed by atoms with Crippen molar-refractivity contribution in [2.45, 2.75) is 53.6 Å². The van der Waals surface area contributed by atoms with Gasteiger partial charge in [0.25, 0.3) is 23.6 Å². The van der Waals surface area contributed by atoms with Crippen molar-refractivity contribution < 1.29 is 29.2 Å². The van der Waals surface area contributed by atoms with Gasteiger partial charge >= 0.3 is 7.12 Å². The van der Waals surface area contributed by atoms with Crippen LogP contribution in [-0.2, 0) is 0 Å². The number of carbonyl (C=O) groups is 4. The van der Waals surface area contributed by atoms with Crippen LogP contribution >= 0.6 is 15.9 Å². The third-order valence-electron chi connectivity index (χ3n) is 10.3. The predicted octanol–water partition coefficient (Wildman–Crippen LogP) is 5.49. The van der Waals surface area contributed by atoms with E-state index in [9.17, 15) is 19.2 Å². The van der Waals surface area contributed by atoms with Gasteiger partial charge in [-0.1, -0.05) is 24.3 Å². The molecule has 0 bridgehead atoms. The number of carbonyl (C=O) groups excluding carboxylic acids is 4. The first-order valence-corrected chi connectivity index (χ1v) is 22.2. The monoisotopic (exact) mass is 980 g/mol. The summed E-state index contributed by atoms with van der Waals surface area (Å²) in [6.45, 7) is 11.8. The van der Waals surface area contributed by atoms with Gasteiger partial charge in [0.05, 0.1) is 27.9 Å². The van der Waals surface area contributed by atoms with Crippen molar-refractivity contribution in [3.8, 4) is 11.1 Å². The van der Waals surface area contributed by atoms with Crippen LogP contribution in [0.15, 0.2) is 127 Å². The standard InChI is InChI=1S/C24H24N6O2.C17H17BrN4O.C7H9BN2O3/c1-15(2)30(22-8-5-16(3)12-27-22)24(32)17-9-10-29-21(11-17)19(14-28-29)18-6-7-20(26-13-18)23(31)25-4;1-11(2)22(16-5-4-12(3)9-19-16)17(23)13-6-7-21-15(8-13)14(18)10-20-21;1-9-7(11)6-3-2-5(4-10-6)8(12)13/h5-15H,1-4H3,(H,25,31);4-11H,1-3H3;2-4,12-13H,1H3,(H,9,11). The lowest BCUT2D eigenvalue weighted by Gasteiger charge is -2.26. The quantitative estimate of drug-likeness (QED) is 0.125. The molecule has 8 aromatic heterocycles. The lowest BCUT2D eigenvalue weighted by molar-refractivity contribution is 0.0950. The van der Waals surface area contributed by atoms with E-state index in [-0.39, 0.29) is 46.9 Å². The predicted molar refractivity (Wildman–Crippen MR) is 264 cm³/mol. The highest BCUT2D eigenvalue weighted by Crippen LogP contribution is 2.27.